The van der Waals surface area contributed by atoms with Crippen LogP contribution in [0.15, 0.2) is 70.7 Å². The van der Waals surface area contributed by atoms with Crippen LogP contribution in [0.25, 0.3) is 0 Å². The minimum Gasteiger partial charge on any atom is -0.429 e. The van der Waals surface area contributed by atoms with E-state index in [9.17, 15) is 4.79 Å². The molecule has 2 aromatic carbocycles. The zero-order valence-electron chi connectivity index (χ0n) is 13.6. The first-order valence-corrected chi connectivity index (χ1v) is 8.66. The summed E-state index contributed by atoms with van der Waals surface area (Å²) in [6, 6.07) is 19.5. The number of thioether (sulfide) groups is 1. The second kappa shape index (κ2) is 7.09. The molecule has 0 amide bonds. The quantitative estimate of drug-likeness (QED) is 0.737. The van der Waals surface area contributed by atoms with E-state index in [1.165, 1.54) is 0 Å². The topological polar surface area (TPSA) is 47.9 Å². The van der Waals surface area contributed by atoms with Crippen molar-refractivity contribution in [3.05, 3.63) is 66.2 Å². The Balaban J connectivity index is 1.79. The summed E-state index contributed by atoms with van der Waals surface area (Å²) >= 11 is 1.57. The molecule has 124 valence electrons. The molecular formula is C19H19NO3S. The summed E-state index contributed by atoms with van der Waals surface area (Å²) in [5, 5.41) is 3.89. The Labute approximate surface area is 145 Å². The van der Waals surface area contributed by atoms with Crippen LogP contribution in [0.1, 0.15) is 25.8 Å². The summed E-state index contributed by atoms with van der Waals surface area (Å²) in [5.74, 6) is -0.456. The molecule has 1 aliphatic rings. The zero-order chi connectivity index (χ0) is 17.0. The molecule has 0 aromatic heterocycles. The molecule has 3 rings (SSSR count). The number of nitrogens with zero attached hydrogens (tertiary/aromatic N) is 1. The number of carbonyl (C=O) groups excluding carboxylic acids is 1. The number of hydrogen-bond acceptors (Lipinski definition) is 5. The maximum Gasteiger partial charge on any atom is 0.286 e. The number of carbonyl (C=O) groups is 1. The number of oxime groups is 1. The first-order chi connectivity index (χ1) is 11.6. The monoisotopic (exact) mass is 341 g/mol. The lowest BCUT2D eigenvalue weighted by atomic mass is 10.1. The molecule has 2 aromatic rings. The first kappa shape index (κ1) is 16.6. The molecule has 5 heteroatoms. The van der Waals surface area contributed by atoms with Crippen LogP contribution in [0.4, 0.5) is 0 Å². The summed E-state index contributed by atoms with van der Waals surface area (Å²) in [5.41, 5.74) is 0.854. The van der Waals surface area contributed by atoms with Gasteiger partial charge in [-0.05, 0) is 36.3 Å². The minimum absolute atomic E-state index is 0.0880. The van der Waals surface area contributed by atoms with Crippen LogP contribution >= 0.6 is 11.8 Å². The molecule has 2 atom stereocenters. The van der Waals surface area contributed by atoms with Crippen molar-refractivity contribution in [1.82, 2.24) is 0 Å². The first-order valence-electron chi connectivity index (χ1n) is 7.78. The van der Waals surface area contributed by atoms with Crippen LogP contribution < -0.4 is 0 Å². The molecule has 0 fully saturated rings. The normalized spacial score (nSPS) is 20.7. The lowest BCUT2D eigenvalue weighted by Gasteiger charge is -2.29. The van der Waals surface area contributed by atoms with Gasteiger partial charge in [0.2, 0.25) is 0 Å². The van der Waals surface area contributed by atoms with E-state index in [2.05, 4.69) is 5.16 Å². The van der Waals surface area contributed by atoms with E-state index in [4.69, 9.17) is 9.57 Å². The van der Waals surface area contributed by atoms with Gasteiger partial charge in [-0.25, -0.2) is 0 Å². The second-order valence-corrected chi connectivity index (χ2v) is 7.07. The molecule has 0 aliphatic carbocycles. The van der Waals surface area contributed by atoms with Crippen LogP contribution in [0, 0.1) is 0 Å². The molecular weight excluding hydrogens is 322 g/mol. The van der Waals surface area contributed by atoms with Crippen LogP contribution in [0.2, 0.25) is 0 Å². The number of hydrogen-bond donors (Lipinski definition) is 0. The van der Waals surface area contributed by atoms with E-state index < -0.39 is 5.79 Å². The van der Waals surface area contributed by atoms with E-state index in [-0.39, 0.29) is 11.0 Å². The van der Waals surface area contributed by atoms with Gasteiger partial charge in [-0.15, -0.1) is 11.8 Å². The van der Waals surface area contributed by atoms with E-state index in [1.807, 2.05) is 67.6 Å². The van der Waals surface area contributed by atoms with Crippen molar-refractivity contribution in [3.63, 3.8) is 0 Å². The summed E-state index contributed by atoms with van der Waals surface area (Å²) in [6.45, 7) is 3.41. The third kappa shape index (κ3) is 3.79. The summed E-state index contributed by atoms with van der Waals surface area (Å²) < 4.78 is 6.02. The van der Waals surface area contributed by atoms with E-state index in [1.54, 1.807) is 18.7 Å². The second-order valence-electron chi connectivity index (χ2n) is 5.80. The number of ketones is 1. The smallest absolute Gasteiger partial charge is 0.286 e. The van der Waals surface area contributed by atoms with Crippen molar-refractivity contribution in [2.45, 2.75) is 36.2 Å². The number of rotatable bonds is 6. The average Bonchev–Trinajstić information content (AvgIpc) is 2.99. The van der Waals surface area contributed by atoms with Gasteiger partial charge in [0.15, 0.2) is 0 Å². The van der Waals surface area contributed by atoms with Crippen LogP contribution in [-0.2, 0) is 14.4 Å². The van der Waals surface area contributed by atoms with Crippen molar-refractivity contribution in [2.75, 3.05) is 0 Å². The predicted octanol–water partition coefficient (Wildman–Crippen LogP) is 4.25. The lowest BCUT2D eigenvalue weighted by Crippen LogP contribution is -2.40. The Kier molecular flexibility index (Phi) is 4.90. The minimum atomic E-state index is -0.989. The highest BCUT2D eigenvalue weighted by Gasteiger charge is 2.45. The Morgan fingerprint density at radius 3 is 2.38 bits per heavy atom. The maximum absolute atomic E-state index is 11.7. The SMILES string of the molecule is CC(=O)CC(Sc1ccccc1)C1(C)ON=C(c2ccccc2)O1. The molecule has 1 heterocycles. The fraction of sp³-hybridized carbons (Fsp3) is 0.263. The Morgan fingerprint density at radius 2 is 1.75 bits per heavy atom. The van der Waals surface area contributed by atoms with Gasteiger partial charge in [0.25, 0.3) is 11.7 Å². The summed E-state index contributed by atoms with van der Waals surface area (Å²) in [7, 11) is 0. The Hall–Kier alpha value is -2.27. The number of ether oxygens (including phenoxy) is 1. The van der Waals surface area contributed by atoms with Crippen LogP contribution in [0.3, 0.4) is 0 Å². The van der Waals surface area contributed by atoms with Crippen molar-refractivity contribution in [1.29, 1.82) is 0 Å². The summed E-state index contributed by atoms with van der Waals surface area (Å²) in [4.78, 5) is 18.4. The lowest BCUT2D eigenvalue weighted by molar-refractivity contribution is -0.148. The number of Topliss-reactive ketones (excluding diaryl/α,β-unsaturated/α-hetero) is 1. The van der Waals surface area contributed by atoms with Crippen molar-refractivity contribution < 1.29 is 14.4 Å². The van der Waals surface area contributed by atoms with Gasteiger partial charge < -0.3 is 9.57 Å². The van der Waals surface area contributed by atoms with E-state index >= 15 is 0 Å². The van der Waals surface area contributed by atoms with Crippen molar-refractivity contribution >= 4 is 23.4 Å². The highest BCUT2D eigenvalue weighted by Crippen LogP contribution is 2.39. The summed E-state index contributed by atoms with van der Waals surface area (Å²) in [6.07, 6.45) is 0.341. The highest BCUT2D eigenvalue weighted by molar-refractivity contribution is 8.00. The molecule has 0 saturated heterocycles. The number of benzene rings is 2. The largest absolute Gasteiger partial charge is 0.429 e. The zero-order valence-corrected chi connectivity index (χ0v) is 14.5. The van der Waals surface area contributed by atoms with Crippen molar-refractivity contribution in [2.24, 2.45) is 5.16 Å². The Bertz CT molecular complexity index is 733. The molecule has 4 nitrogen and oxygen atoms in total. The Morgan fingerprint density at radius 1 is 1.12 bits per heavy atom. The molecule has 24 heavy (non-hydrogen) atoms. The van der Waals surface area contributed by atoms with Gasteiger partial charge in [-0.2, -0.15) is 0 Å². The third-order valence-corrected chi connectivity index (χ3v) is 5.13. The van der Waals surface area contributed by atoms with Gasteiger partial charge in [-0.1, -0.05) is 36.4 Å². The van der Waals surface area contributed by atoms with Crippen LogP contribution in [0.5, 0.6) is 0 Å². The highest BCUT2D eigenvalue weighted by atomic mass is 32.2. The van der Waals surface area contributed by atoms with Crippen LogP contribution in [-0.4, -0.2) is 22.7 Å². The molecule has 0 N–H and O–H groups in total. The fourth-order valence-electron chi connectivity index (χ4n) is 2.44. The van der Waals surface area contributed by atoms with Gasteiger partial charge in [0.1, 0.15) is 5.78 Å². The van der Waals surface area contributed by atoms with Gasteiger partial charge in [0, 0.05) is 23.8 Å². The van der Waals surface area contributed by atoms with Gasteiger partial charge >= 0.3 is 0 Å². The molecule has 0 bridgehead atoms. The average molecular weight is 341 g/mol. The van der Waals surface area contributed by atoms with E-state index in [0.717, 1.165) is 10.5 Å². The molecule has 0 radical (unpaired) electrons. The maximum atomic E-state index is 11.7. The predicted molar refractivity (Wildman–Crippen MR) is 94.9 cm³/mol. The third-order valence-electron chi connectivity index (χ3n) is 3.71. The molecule has 0 spiro atoms. The van der Waals surface area contributed by atoms with Crippen molar-refractivity contribution in [3.8, 4) is 0 Å². The standard InChI is InChI=1S/C19H19NO3S/c1-14(21)13-17(24-16-11-7-4-8-12-16)19(2)22-18(20-23-19)15-9-5-3-6-10-15/h3-12,17H,13H2,1-2H3. The van der Waals surface area contributed by atoms with E-state index in [0.29, 0.717) is 12.3 Å². The van der Waals surface area contributed by atoms with Gasteiger partial charge in [-0.3, -0.25) is 4.79 Å². The molecule has 1 aliphatic heterocycles. The van der Waals surface area contributed by atoms with Gasteiger partial charge in [0.05, 0.1) is 5.25 Å². The molecule has 0 saturated carbocycles. The fourth-order valence-corrected chi connectivity index (χ4v) is 3.70. The molecule has 2 unspecified atom stereocenters.